The first-order valence-corrected chi connectivity index (χ1v) is 10.8. The van der Waals surface area contributed by atoms with Crippen LogP contribution in [0, 0.1) is 6.92 Å². The van der Waals surface area contributed by atoms with Gasteiger partial charge in [0.05, 0.1) is 17.3 Å². The van der Waals surface area contributed by atoms with Crippen molar-refractivity contribution in [1.82, 2.24) is 10.2 Å². The molecule has 156 valence electrons. The predicted molar refractivity (Wildman–Crippen MR) is 127 cm³/mol. The highest BCUT2D eigenvalue weighted by Crippen LogP contribution is 2.23. The first-order chi connectivity index (χ1) is 14.0. The van der Waals surface area contributed by atoms with Gasteiger partial charge in [-0.3, -0.25) is 4.90 Å². The van der Waals surface area contributed by atoms with Crippen molar-refractivity contribution in [3.63, 3.8) is 0 Å². The van der Waals surface area contributed by atoms with Crippen molar-refractivity contribution in [2.75, 3.05) is 56.1 Å². The number of hydrogen-bond acceptors (Lipinski definition) is 4. The molecule has 0 radical (unpaired) electrons. The molecule has 0 spiro atoms. The summed E-state index contributed by atoms with van der Waals surface area (Å²) in [5.41, 5.74) is 3.24. The van der Waals surface area contributed by atoms with Gasteiger partial charge < -0.3 is 20.3 Å². The maximum Gasteiger partial charge on any atom is 0.170 e. The van der Waals surface area contributed by atoms with Gasteiger partial charge in [0.1, 0.15) is 5.75 Å². The molecule has 0 unspecified atom stereocenters. The van der Waals surface area contributed by atoms with Gasteiger partial charge in [-0.15, -0.1) is 0 Å². The summed E-state index contributed by atoms with van der Waals surface area (Å²) in [6.45, 7) is 10.6. The van der Waals surface area contributed by atoms with Gasteiger partial charge in [0, 0.05) is 45.0 Å². The summed E-state index contributed by atoms with van der Waals surface area (Å²) in [6.07, 6.45) is 0. The van der Waals surface area contributed by atoms with Gasteiger partial charge in [-0.05, 0) is 68.0 Å². The Bertz CT molecular complexity index is 807. The van der Waals surface area contributed by atoms with E-state index in [0.29, 0.717) is 16.7 Å². The molecule has 0 amide bonds. The van der Waals surface area contributed by atoms with Crippen LogP contribution < -0.4 is 20.3 Å². The summed E-state index contributed by atoms with van der Waals surface area (Å²) in [7, 11) is 0. The Morgan fingerprint density at radius 3 is 2.52 bits per heavy atom. The Balaban J connectivity index is 1.37. The molecule has 2 aromatic rings. The number of nitrogens with one attached hydrogen (secondary N) is 2. The van der Waals surface area contributed by atoms with Gasteiger partial charge in [-0.25, -0.2) is 0 Å². The van der Waals surface area contributed by atoms with E-state index < -0.39 is 0 Å². The van der Waals surface area contributed by atoms with Crippen molar-refractivity contribution in [2.24, 2.45) is 0 Å². The number of thiocarbonyl (C=S) groups is 1. The Morgan fingerprint density at radius 1 is 1.10 bits per heavy atom. The van der Waals surface area contributed by atoms with E-state index in [-0.39, 0.29) is 0 Å². The minimum atomic E-state index is 0.602. The number of ether oxygens (including phenoxy) is 1. The highest BCUT2D eigenvalue weighted by atomic mass is 35.5. The Labute approximate surface area is 184 Å². The first kappa shape index (κ1) is 21.7. The standard InChI is InChI=1S/C22H29ClN4OS/c1-3-28-19-7-5-18(6-8-19)27-14-12-26(13-15-27)11-10-24-22(29)25-21-16-17(2)4-9-20(21)23/h4-9,16H,3,10-15H2,1-2H3,(H2,24,25,29). The van der Waals surface area contributed by atoms with Crippen LogP contribution in [0.15, 0.2) is 42.5 Å². The minimum Gasteiger partial charge on any atom is -0.494 e. The molecular weight excluding hydrogens is 404 g/mol. The molecule has 0 saturated carbocycles. The summed E-state index contributed by atoms with van der Waals surface area (Å²) in [5, 5.41) is 7.73. The number of aryl methyl sites for hydroxylation is 1. The van der Waals surface area contributed by atoms with Crippen LogP contribution in [-0.2, 0) is 0 Å². The average molecular weight is 433 g/mol. The zero-order valence-corrected chi connectivity index (χ0v) is 18.7. The fourth-order valence-corrected chi connectivity index (χ4v) is 3.76. The van der Waals surface area contributed by atoms with Gasteiger partial charge in [0.15, 0.2) is 5.11 Å². The van der Waals surface area contributed by atoms with Gasteiger partial charge in [0.25, 0.3) is 0 Å². The number of hydrogen-bond donors (Lipinski definition) is 2. The fourth-order valence-electron chi connectivity index (χ4n) is 3.38. The SMILES string of the molecule is CCOc1ccc(N2CCN(CCNC(=S)Nc3cc(C)ccc3Cl)CC2)cc1. The molecular formula is C22H29ClN4OS. The smallest absolute Gasteiger partial charge is 0.170 e. The number of nitrogens with zero attached hydrogens (tertiary/aromatic N) is 2. The molecule has 0 aromatic heterocycles. The fraction of sp³-hybridized carbons (Fsp3) is 0.409. The van der Waals surface area contributed by atoms with Crippen molar-refractivity contribution in [3.05, 3.63) is 53.1 Å². The second-order valence-corrected chi connectivity index (χ2v) is 7.94. The summed E-state index contributed by atoms with van der Waals surface area (Å²) in [4.78, 5) is 4.88. The lowest BCUT2D eigenvalue weighted by molar-refractivity contribution is 0.262. The van der Waals surface area contributed by atoms with E-state index in [1.807, 2.05) is 44.2 Å². The molecule has 0 aliphatic carbocycles. The zero-order chi connectivity index (χ0) is 20.6. The number of halogens is 1. The molecule has 1 aliphatic rings. The molecule has 2 aromatic carbocycles. The maximum absolute atomic E-state index is 6.21. The topological polar surface area (TPSA) is 39.8 Å². The van der Waals surface area contributed by atoms with Crippen LogP contribution in [0.3, 0.4) is 0 Å². The van der Waals surface area contributed by atoms with Crippen molar-refractivity contribution >= 4 is 40.3 Å². The lowest BCUT2D eigenvalue weighted by atomic mass is 10.2. The third kappa shape index (κ3) is 6.49. The van der Waals surface area contributed by atoms with Crippen LogP contribution >= 0.6 is 23.8 Å². The van der Waals surface area contributed by atoms with Crippen molar-refractivity contribution in [2.45, 2.75) is 13.8 Å². The Hall–Kier alpha value is -2.02. The molecule has 1 fully saturated rings. The van der Waals surface area contributed by atoms with Gasteiger partial charge >= 0.3 is 0 Å². The first-order valence-electron chi connectivity index (χ1n) is 10.1. The van der Waals surface area contributed by atoms with Gasteiger partial charge in [-0.1, -0.05) is 17.7 Å². The zero-order valence-electron chi connectivity index (χ0n) is 17.1. The van der Waals surface area contributed by atoms with Crippen LogP contribution in [0.1, 0.15) is 12.5 Å². The van der Waals surface area contributed by atoms with E-state index in [1.54, 1.807) is 0 Å². The lowest BCUT2D eigenvalue weighted by Crippen LogP contribution is -2.48. The lowest BCUT2D eigenvalue weighted by Gasteiger charge is -2.36. The molecule has 1 heterocycles. The van der Waals surface area contributed by atoms with Crippen molar-refractivity contribution < 1.29 is 4.74 Å². The molecule has 0 bridgehead atoms. The Morgan fingerprint density at radius 2 is 1.83 bits per heavy atom. The predicted octanol–water partition coefficient (Wildman–Crippen LogP) is 4.16. The number of rotatable bonds is 7. The van der Waals surface area contributed by atoms with Crippen LogP contribution in [-0.4, -0.2) is 55.9 Å². The third-order valence-electron chi connectivity index (χ3n) is 4.97. The minimum absolute atomic E-state index is 0.602. The summed E-state index contributed by atoms with van der Waals surface area (Å²) in [5.74, 6) is 0.928. The Kier molecular flexibility index (Phi) is 7.98. The molecule has 29 heavy (non-hydrogen) atoms. The highest BCUT2D eigenvalue weighted by molar-refractivity contribution is 7.80. The van der Waals surface area contributed by atoms with E-state index in [1.165, 1.54) is 5.69 Å². The summed E-state index contributed by atoms with van der Waals surface area (Å²) >= 11 is 11.6. The normalized spacial score (nSPS) is 14.5. The van der Waals surface area contributed by atoms with E-state index >= 15 is 0 Å². The summed E-state index contributed by atoms with van der Waals surface area (Å²) in [6, 6.07) is 14.2. The van der Waals surface area contributed by atoms with E-state index in [4.69, 9.17) is 28.6 Å². The number of piperazine rings is 1. The van der Waals surface area contributed by atoms with Crippen molar-refractivity contribution in [1.29, 1.82) is 0 Å². The van der Waals surface area contributed by atoms with E-state index in [0.717, 1.165) is 56.3 Å². The molecule has 0 atom stereocenters. The third-order valence-corrected chi connectivity index (χ3v) is 5.54. The molecule has 5 nitrogen and oxygen atoms in total. The van der Waals surface area contributed by atoms with Crippen molar-refractivity contribution in [3.8, 4) is 5.75 Å². The largest absolute Gasteiger partial charge is 0.494 e. The monoisotopic (exact) mass is 432 g/mol. The average Bonchev–Trinajstić information content (AvgIpc) is 2.72. The van der Waals surface area contributed by atoms with Crippen LogP contribution in [0.4, 0.5) is 11.4 Å². The van der Waals surface area contributed by atoms with Gasteiger partial charge in [0.2, 0.25) is 0 Å². The molecule has 1 saturated heterocycles. The molecule has 7 heteroatoms. The van der Waals surface area contributed by atoms with Crippen LogP contribution in [0.5, 0.6) is 5.75 Å². The second kappa shape index (κ2) is 10.7. The number of anilines is 2. The van der Waals surface area contributed by atoms with Crippen LogP contribution in [0.25, 0.3) is 0 Å². The molecule has 1 aliphatic heterocycles. The quantitative estimate of drug-likeness (QED) is 0.640. The van der Waals surface area contributed by atoms with Crippen LogP contribution in [0.2, 0.25) is 5.02 Å². The maximum atomic E-state index is 6.21. The highest BCUT2D eigenvalue weighted by Gasteiger charge is 2.17. The number of benzene rings is 2. The second-order valence-electron chi connectivity index (χ2n) is 7.12. The summed E-state index contributed by atoms with van der Waals surface area (Å²) < 4.78 is 5.52. The van der Waals surface area contributed by atoms with Gasteiger partial charge in [-0.2, -0.15) is 0 Å². The van der Waals surface area contributed by atoms with E-state index in [9.17, 15) is 0 Å². The molecule has 3 rings (SSSR count). The molecule has 2 N–H and O–H groups in total. The van der Waals surface area contributed by atoms with E-state index in [2.05, 4.69) is 32.6 Å².